The summed E-state index contributed by atoms with van der Waals surface area (Å²) in [6.45, 7) is 3.91. The Morgan fingerprint density at radius 3 is 2.47 bits per heavy atom. The number of rotatable bonds is 3. The van der Waals surface area contributed by atoms with Crippen LogP contribution in [0.2, 0.25) is 0 Å². The van der Waals surface area contributed by atoms with Crippen LogP contribution >= 0.6 is 11.3 Å². The Balaban J connectivity index is 1.77. The molecule has 2 aliphatic rings. The molecule has 0 spiro atoms. The van der Waals surface area contributed by atoms with Gasteiger partial charge in [0.05, 0.1) is 24.1 Å². The minimum atomic E-state index is -1.10. The molecular weight excluding hydrogens is 268 g/mol. The van der Waals surface area contributed by atoms with Gasteiger partial charge in [0.1, 0.15) is 0 Å². The number of aromatic carboxylic acids is 1. The summed E-state index contributed by atoms with van der Waals surface area (Å²) in [5.41, 5.74) is 0.224. The highest BCUT2D eigenvalue weighted by atomic mass is 32.1. The fourth-order valence-corrected chi connectivity index (χ4v) is 3.45. The number of hydrogen-bond acceptors (Lipinski definition) is 5. The third kappa shape index (κ3) is 1.61. The molecule has 1 N–H and O–H groups in total. The van der Waals surface area contributed by atoms with Crippen LogP contribution < -0.4 is 0 Å². The zero-order chi connectivity index (χ0) is 13.9. The predicted molar refractivity (Wildman–Crippen MR) is 65.4 cm³/mol. The van der Waals surface area contributed by atoms with Gasteiger partial charge in [0, 0.05) is 5.38 Å². The number of carboxylic acids is 1. The van der Waals surface area contributed by atoms with Gasteiger partial charge in [0.15, 0.2) is 0 Å². The van der Waals surface area contributed by atoms with Gasteiger partial charge in [-0.2, -0.15) is 0 Å². The van der Waals surface area contributed by atoms with Crippen molar-refractivity contribution in [3.05, 3.63) is 16.1 Å². The number of thiazole rings is 1. The molecule has 2 fully saturated rings. The molecule has 1 aliphatic heterocycles. The van der Waals surface area contributed by atoms with Gasteiger partial charge in [-0.05, 0) is 5.41 Å². The van der Waals surface area contributed by atoms with Crippen LogP contribution in [0.25, 0.3) is 0 Å². The van der Waals surface area contributed by atoms with E-state index in [9.17, 15) is 14.4 Å². The van der Waals surface area contributed by atoms with Crippen LogP contribution in [0.5, 0.6) is 0 Å². The average molecular weight is 280 g/mol. The van der Waals surface area contributed by atoms with E-state index in [2.05, 4.69) is 4.98 Å². The van der Waals surface area contributed by atoms with E-state index in [4.69, 9.17) is 5.11 Å². The molecule has 2 heterocycles. The van der Waals surface area contributed by atoms with Crippen molar-refractivity contribution in [2.24, 2.45) is 17.3 Å². The van der Waals surface area contributed by atoms with E-state index in [-0.39, 0.29) is 40.6 Å². The van der Waals surface area contributed by atoms with Gasteiger partial charge in [-0.1, -0.05) is 13.8 Å². The van der Waals surface area contributed by atoms with Crippen molar-refractivity contribution in [2.75, 3.05) is 0 Å². The van der Waals surface area contributed by atoms with Crippen LogP contribution in [-0.4, -0.2) is 32.8 Å². The Morgan fingerprint density at radius 2 is 2.00 bits per heavy atom. The number of carbonyl (C=O) groups excluding carboxylic acids is 2. The third-order valence-corrected chi connectivity index (χ3v) is 4.83. The highest BCUT2D eigenvalue weighted by molar-refractivity contribution is 7.11. The number of nitrogens with zero attached hydrogens (tertiary/aromatic N) is 2. The topological polar surface area (TPSA) is 87.6 Å². The molecule has 100 valence electrons. The molecule has 0 aromatic carbocycles. The normalized spacial score (nSPS) is 27.6. The van der Waals surface area contributed by atoms with Gasteiger partial charge in [0.25, 0.3) is 0 Å². The number of aromatic nitrogens is 1. The van der Waals surface area contributed by atoms with Gasteiger partial charge in [-0.15, -0.1) is 11.3 Å². The molecule has 0 bridgehead atoms. The number of piperidine rings is 1. The number of carbonyl (C=O) groups is 3. The molecule has 2 atom stereocenters. The second kappa shape index (κ2) is 3.63. The SMILES string of the molecule is CC1(C)C2C(=O)N(Cc3csc(C(=O)O)n3)C(=O)C21. The van der Waals surface area contributed by atoms with Crippen LogP contribution in [0.15, 0.2) is 5.38 Å². The zero-order valence-corrected chi connectivity index (χ0v) is 11.2. The van der Waals surface area contributed by atoms with E-state index >= 15 is 0 Å². The summed E-state index contributed by atoms with van der Waals surface area (Å²) in [6, 6.07) is 0. The molecule has 3 rings (SSSR count). The van der Waals surface area contributed by atoms with Crippen molar-refractivity contribution in [3.63, 3.8) is 0 Å². The molecule has 6 nitrogen and oxygen atoms in total. The van der Waals surface area contributed by atoms with Crippen molar-refractivity contribution in [1.29, 1.82) is 0 Å². The Hall–Kier alpha value is -1.76. The standard InChI is InChI=1S/C12H12N2O4S/c1-12(2)6-7(12)10(16)14(9(6)15)3-5-4-19-8(13-5)11(17)18/h4,6-7H,3H2,1-2H3,(H,17,18). The number of fused-ring (bicyclic) bond motifs is 1. The van der Waals surface area contributed by atoms with Crippen molar-refractivity contribution in [1.82, 2.24) is 9.88 Å². The fraction of sp³-hybridized carbons (Fsp3) is 0.500. The third-order valence-electron chi connectivity index (χ3n) is 3.95. The average Bonchev–Trinajstić information content (AvgIpc) is 2.66. The van der Waals surface area contributed by atoms with E-state index < -0.39 is 5.97 Å². The molecule has 1 aromatic rings. The molecule has 1 aliphatic carbocycles. The van der Waals surface area contributed by atoms with Gasteiger partial charge >= 0.3 is 5.97 Å². The summed E-state index contributed by atoms with van der Waals surface area (Å²) >= 11 is 0.995. The lowest BCUT2D eigenvalue weighted by Crippen LogP contribution is -2.35. The number of hydrogen-bond donors (Lipinski definition) is 1. The minimum Gasteiger partial charge on any atom is -0.476 e. The van der Waals surface area contributed by atoms with Gasteiger partial charge < -0.3 is 5.11 Å². The maximum atomic E-state index is 12.1. The Labute approximate surface area is 113 Å². The lowest BCUT2D eigenvalue weighted by molar-refractivity contribution is -0.143. The second-order valence-corrected chi connectivity index (χ2v) is 6.35. The van der Waals surface area contributed by atoms with Gasteiger partial charge in [-0.25, -0.2) is 9.78 Å². The number of amides is 2. The number of likely N-dealkylation sites (tertiary alicyclic amines) is 1. The Bertz CT molecular complexity index is 583. The molecular formula is C12H12N2O4S. The lowest BCUT2D eigenvalue weighted by atomic mass is 10.1. The van der Waals surface area contributed by atoms with Gasteiger partial charge in [0.2, 0.25) is 16.8 Å². The fourth-order valence-electron chi connectivity index (χ4n) is 2.80. The van der Waals surface area contributed by atoms with Crippen LogP contribution in [-0.2, 0) is 16.1 Å². The van der Waals surface area contributed by atoms with Crippen molar-refractivity contribution in [3.8, 4) is 0 Å². The first-order chi connectivity index (χ1) is 8.84. The first-order valence-electron chi connectivity index (χ1n) is 5.87. The van der Waals surface area contributed by atoms with E-state index in [1.54, 1.807) is 5.38 Å². The number of imide groups is 1. The maximum absolute atomic E-state index is 12.1. The van der Waals surface area contributed by atoms with Crippen molar-refractivity contribution < 1.29 is 19.5 Å². The smallest absolute Gasteiger partial charge is 0.365 e. The van der Waals surface area contributed by atoms with Crippen LogP contribution in [0.4, 0.5) is 0 Å². The molecule has 0 radical (unpaired) electrons. The van der Waals surface area contributed by atoms with Gasteiger partial charge in [-0.3, -0.25) is 14.5 Å². The number of carboxylic acid groups (broad SMARTS) is 1. The van der Waals surface area contributed by atoms with E-state index in [0.717, 1.165) is 11.3 Å². The summed E-state index contributed by atoms with van der Waals surface area (Å²) in [7, 11) is 0. The van der Waals surface area contributed by atoms with Crippen LogP contribution in [0.3, 0.4) is 0 Å². The van der Waals surface area contributed by atoms with E-state index in [0.29, 0.717) is 5.69 Å². The molecule has 1 saturated carbocycles. The highest BCUT2D eigenvalue weighted by Crippen LogP contribution is 2.63. The Kier molecular flexibility index (Phi) is 2.35. The summed E-state index contributed by atoms with van der Waals surface area (Å²) in [5.74, 6) is -1.84. The van der Waals surface area contributed by atoms with Crippen LogP contribution in [0, 0.1) is 17.3 Å². The molecule has 1 aromatic heterocycles. The largest absolute Gasteiger partial charge is 0.476 e. The van der Waals surface area contributed by atoms with Crippen LogP contribution in [0.1, 0.15) is 29.3 Å². The lowest BCUT2D eigenvalue weighted by Gasteiger charge is -2.19. The summed E-state index contributed by atoms with van der Waals surface area (Å²) in [5, 5.41) is 10.3. The molecule has 1 saturated heterocycles. The van der Waals surface area contributed by atoms with E-state index in [1.165, 1.54) is 4.90 Å². The maximum Gasteiger partial charge on any atom is 0.365 e. The highest BCUT2D eigenvalue weighted by Gasteiger charge is 2.72. The molecule has 19 heavy (non-hydrogen) atoms. The predicted octanol–water partition coefficient (Wildman–Crippen LogP) is 0.982. The molecule has 7 heteroatoms. The summed E-state index contributed by atoms with van der Waals surface area (Å²) in [4.78, 5) is 40.0. The molecule has 2 unspecified atom stereocenters. The Morgan fingerprint density at radius 1 is 1.42 bits per heavy atom. The first-order valence-corrected chi connectivity index (χ1v) is 6.75. The minimum absolute atomic E-state index is 0.0282. The first kappa shape index (κ1) is 12.3. The second-order valence-electron chi connectivity index (χ2n) is 5.49. The van der Waals surface area contributed by atoms with Crippen molar-refractivity contribution >= 4 is 29.1 Å². The zero-order valence-electron chi connectivity index (χ0n) is 10.4. The summed E-state index contributed by atoms with van der Waals surface area (Å²) < 4.78 is 0. The summed E-state index contributed by atoms with van der Waals surface area (Å²) in [6.07, 6.45) is 0. The molecule has 2 amide bonds. The van der Waals surface area contributed by atoms with Crippen molar-refractivity contribution in [2.45, 2.75) is 20.4 Å². The quantitative estimate of drug-likeness (QED) is 0.834. The monoisotopic (exact) mass is 280 g/mol. The van der Waals surface area contributed by atoms with E-state index in [1.807, 2.05) is 13.8 Å².